The third-order valence-corrected chi connectivity index (χ3v) is 8.28. The summed E-state index contributed by atoms with van der Waals surface area (Å²) in [5.74, 6) is 1.20. The highest BCUT2D eigenvalue weighted by molar-refractivity contribution is 9.10. The zero-order valence-corrected chi connectivity index (χ0v) is 24.8. The fourth-order valence-electron chi connectivity index (χ4n) is 3.60. The van der Waals surface area contributed by atoms with Crippen molar-refractivity contribution in [3.8, 4) is 22.8 Å². The molecule has 0 N–H and O–H groups in total. The van der Waals surface area contributed by atoms with Crippen LogP contribution in [-0.4, -0.2) is 24.5 Å². The zero-order chi connectivity index (χ0) is 26.3. The standard InChI is InChI=1S/C29H32BrClN2O3Si/c1-37(2,3)15-14-34-21-33-18-25(30)29(32-33)24-16-26(31)28(36-20-23-12-8-5-9-13-23)17-27(24)35-19-22-10-6-4-7-11-22/h4-13,16-18H,14-15,19-21H2,1-3H3. The van der Waals surface area contributed by atoms with Crippen molar-refractivity contribution >= 4 is 35.6 Å². The summed E-state index contributed by atoms with van der Waals surface area (Å²) in [6.45, 7) is 8.95. The minimum atomic E-state index is -1.15. The molecular formula is C29H32BrClN2O3Si. The van der Waals surface area contributed by atoms with Crippen LogP contribution >= 0.6 is 27.5 Å². The van der Waals surface area contributed by atoms with Crippen LogP contribution in [0.25, 0.3) is 11.3 Å². The molecule has 1 aromatic heterocycles. The van der Waals surface area contributed by atoms with Crippen molar-refractivity contribution in [2.45, 2.75) is 45.6 Å². The molecule has 4 aromatic rings. The Kier molecular flexibility index (Phi) is 9.48. The quantitative estimate of drug-likeness (QED) is 0.121. The number of hydrogen-bond donors (Lipinski definition) is 0. The Morgan fingerprint density at radius 1 is 0.865 bits per heavy atom. The second kappa shape index (κ2) is 12.8. The Bertz CT molecular complexity index is 1290. The van der Waals surface area contributed by atoms with Gasteiger partial charge in [-0.25, -0.2) is 4.68 Å². The topological polar surface area (TPSA) is 45.5 Å². The molecule has 0 fully saturated rings. The van der Waals surface area contributed by atoms with Gasteiger partial charge >= 0.3 is 0 Å². The normalized spacial score (nSPS) is 11.5. The van der Waals surface area contributed by atoms with E-state index in [2.05, 4.69) is 35.6 Å². The van der Waals surface area contributed by atoms with Gasteiger partial charge in [0.25, 0.3) is 0 Å². The van der Waals surface area contributed by atoms with Crippen LogP contribution < -0.4 is 9.47 Å². The number of hydrogen-bond acceptors (Lipinski definition) is 4. The SMILES string of the molecule is C[Si](C)(C)CCOCn1cc(Br)c(-c2cc(Cl)c(OCc3ccccc3)cc2OCc2ccccc2)n1. The molecule has 8 heteroatoms. The molecule has 0 saturated carbocycles. The van der Waals surface area contributed by atoms with Crippen LogP contribution in [0.5, 0.6) is 11.5 Å². The molecule has 0 aliphatic heterocycles. The third kappa shape index (κ3) is 8.20. The molecule has 0 atom stereocenters. The largest absolute Gasteiger partial charge is 0.488 e. The third-order valence-electron chi connectivity index (χ3n) is 5.70. The van der Waals surface area contributed by atoms with Gasteiger partial charge in [0.15, 0.2) is 0 Å². The first-order chi connectivity index (χ1) is 17.8. The van der Waals surface area contributed by atoms with Crippen molar-refractivity contribution in [2.75, 3.05) is 6.61 Å². The predicted octanol–water partition coefficient (Wildman–Crippen LogP) is 8.44. The molecule has 0 amide bonds. The Morgan fingerprint density at radius 2 is 1.46 bits per heavy atom. The summed E-state index contributed by atoms with van der Waals surface area (Å²) in [6, 6.07) is 24.8. The second-order valence-electron chi connectivity index (χ2n) is 10.0. The van der Waals surface area contributed by atoms with Crippen LogP contribution in [0, 0.1) is 0 Å². The molecule has 1 heterocycles. The van der Waals surface area contributed by atoms with E-state index >= 15 is 0 Å². The molecule has 37 heavy (non-hydrogen) atoms. The van der Waals surface area contributed by atoms with E-state index in [0.717, 1.165) is 39.5 Å². The van der Waals surface area contributed by atoms with E-state index in [4.69, 9.17) is 30.9 Å². The van der Waals surface area contributed by atoms with Gasteiger partial charge in [-0.3, -0.25) is 0 Å². The van der Waals surface area contributed by atoms with E-state index < -0.39 is 8.07 Å². The summed E-state index contributed by atoms with van der Waals surface area (Å²) in [6.07, 6.45) is 1.92. The van der Waals surface area contributed by atoms with Crippen molar-refractivity contribution < 1.29 is 14.2 Å². The second-order valence-corrected chi connectivity index (χ2v) is 16.9. The highest BCUT2D eigenvalue weighted by atomic mass is 79.9. The molecule has 5 nitrogen and oxygen atoms in total. The summed E-state index contributed by atoms with van der Waals surface area (Å²) in [5, 5.41) is 5.26. The summed E-state index contributed by atoms with van der Waals surface area (Å²) in [7, 11) is -1.15. The molecule has 0 aliphatic rings. The van der Waals surface area contributed by atoms with Gasteiger partial charge in [-0.05, 0) is 39.2 Å². The fraction of sp³-hybridized carbons (Fsp3) is 0.276. The monoisotopic (exact) mass is 598 g/mol. The molecule has 0 aliphatic carbocycles. The van der Waals surface area contributed by atoms with E-state index in [9.17, 15) is 0 Å². The van der Waals surface area contributed by atoms with Crippen molar-refractivity contribution in [2.24, 2.45) is 0 Å². The van der Waals surface area contributed by atoms with Crippen molar-refractivity contribution in [3.63, 3.8) is 0 Å². The molecular weight excluding hydrogens is 568 g/mol. The number of rotatable bonds is 12. The van der Waals surface area contributed by atoms with Crippen LogP contribution in [0.1, 0.15) is 11.1 Å². The number of ether oxygens (including phenoxy) is 3. The van der Waals surface area contributed by atoms with E-state index in [1.165, 1.54) is 0 Å². The molecule has 194 valence electrons. The molecule has 4 rings (SSSR count). The number of benzene rings is 3. The highest BCUT2D eigenvalue weighted by Crippen LogP contribution is 2.41. The van der Waals surface area contributed by atoms with E-state index in [-0.39, 0.29) is 0 Å². The van der Waals surface area contributed by atoms with Gasteiger partial charge in [-0.2, -0.15) is 5.10 Å². The van der Waals surface area contributed by atoms with Crippen LogP contribution in [0.2, 0.25) is 30.7 Å². The first-order valence-corrected chi connectivity index (χ1v) is 17.1. The summed E-state index contributed by atoms with van der Waals surface area (Å²) < 4.78 is 20.9. The lowest BCUT2D eigenvalue weighted by molar-refractivity contribution is 0.0787. The lowest BCUT2D eigenvalue weighted by atomic mass is 10.1. The molecule has 0 spiro atoms. The van der Waals surface area contributed by atoms with Gasteiger partial charge < -0.3 is 14.2 Å². The van der Waals surface area contributed by atoms with Crippen molar-refractivity contribution in [1.82, 2.24) is 9.78 Å². The Balaban J connectivity index is 1.57. The zero-order valence-electron chi connectivity index (χ0n) is 21.4. The fourth-order valence-corrected chi connectivity index (χ4v) is 5.11. The van der Waals surface area contributed by atoms with E-state index in [1.807, 2.05) is 79.0 Å². The van der Waals surface area contributed by atoms with Gasteiger partial charge in [0, 0.05) is 32.5 Å². The van der Waals surface area contributed by atoms with Gasteiger partial charge in [-0.1, -0.05) is 91.9 Å². The molecule has 3 aromatic carbocycles. The Hall–Kier alpha value is -2.58. The smallest absolute Gasteiger partial charge is 0.142 e. The molecule has 0 radical (unpaired) electrons. The first kappa shape index (κ1) is 27.5. The van der Waals surface area contributed by atoms with Crippen LogP contribution in [0.3, 0.4) is 0 Å². The van der Waals surface area contributed by atoms with Gasteiger partial charge in [0.2, 0.25) is 0 Å². The van der Waals surface area contributed by atoms with Crippen LogP contribution in [0.15, 0.2) is 83.5 Å². The van der Waals surface area contributed by atoms with Gasteiger partial charge in [0.1, 0.15) is 37.1 Å². The summed E-state index contributed by atoms with van der Waals surface area (Å²) in [5.41, 5.74) is 3.63. The minimum Gasteiger partial charge on any atom is -0.488 e. The van der Waals surface area contributed by atoms with Crippen molar-refractivity contribution in [3.05, 3.63) is 99.6 Å². The lowest BCUT2D eigenvalue weighted by Crippen LogP contribution is -2.22. The van der Waals surface area contributed by atoms with Crippen LogP contribution in [0.4, 0.5) is 0 Å². The summed E-state index contributed by atoms with van der Waals surface area (Å²) in [4.78, 5) is 0. The Labute approximate surface area is 233 Å². The van der Waals surface area contributed by atoms with E-state index in [0.29, 0.717) is 36.5 Å². The minimum absolute atomic E-state index is 0.384. The lowest BCUT2D eigenvalue weighted by Gasteiger charge is -2.16. The highest BCUT2D eigenvalue weighted by Gasteiger charge is 2.19. The maximum absolute atomic E-state index is 6.69. The average molecular weight is 600 g/mol. The summed E-state index contributed by atoms with van der Waals surface area (Å²) >= 11 is 10.4. The first-order valence-electron chi connectivity index (χ1n) is 12.3. The number of aromatic nitrogens is 2. The van der Waals surface area contributed by atoms with Crippen molar-refractivity contribution in [1.29, 1.82) is 0 Å². The van der Waals surface area contributed by atoms with E-state index in [1.54, 1.807) is 4.68 Å². The number of halogens is 2. The van der Waals surface area contributed by atoms with Gasteiger partial charge in [-0.15, -0.1) is 0 Å². The Morgan fingerprint density at radius 3 is 2.05 bits per heavy atom. The maximum atomic E-state index is 6.69. The predicted molar refractivity (Wildman–Crippen MR) is 156 cm³/mol. The van der Waals surface area contributed by atoms with Crippen LogP contribution in [-0.2, 0) is 24.7 Å². The maximum Gasteiger partial charge on any atom is 0.142 e. The number of nitrogens with zero attached hydrogens (tertiary/aromatic N) is 2. The average Bonchev–Trinajstić information content (AvgIpc) is 3.25. The molecule has 0 bridgehead atoms. The molecule has 0 unspecified atom stereocenters. The van der Waals surface area contributed by atoms with Gasteiger partial charge in [0.05, 0.1) is 9.50 Å². The molecule has 0 saturated heterocycles.